The Kier molecular flexibility index (Phi) is 8.05. The molecule has 1 heterocycles. The first-order chi connectivity index (χ1) is 17.1. The van der Waals surface area contributed by atoms with Crippen molar-refractivity contribution < 1.29 is 14.3 Å². The molecule has 3 aromatic carbocycles. The zero-order valence-corrected chi connectivity index (χ0v) is 20.8. The summed E-state index contributed by atoms with van der Waals surface area (Å²) < 4.78 is 13.8. The van der Waals surface area contributed by atoms with E-state index in [-0.39, 0.29) is 17.8 Å². The first-order valence-electron chi connectivity index (χ1n) is 11.4. The van der Waals surface area contributed by atoms with Gasteiger partial charge in [0.2, 0.25) is 5.91 Å². The number of benzene rings is 3. The molecular formula is C27H28N4O3S. The molecule has 180 valence electrons. The molecule has 1 amide bonds. The molecule has 1 aromatic heterocycles. The summed E-state index contributed by atoms with van der Waals surface area (Å²) in [6.07, 6.45) is 0. The van der Waals surface area contributed by atoms with Gasteiger partial charge in [0.15, 0.2) is 11.0 Å². The van der Waals surface area contributed by atoms with Gasteiger partial charge in [-0.15, -0.1) is 10.2 Å². The number of thioether (sulfide) groups is 1. The van der Waals surface area contributed by atoms with Gasteiger partial charge in [-0.05, 0) is 37.6 Å². The minimum absolute atomic E-state index is 0.0540. The van der Waals surface area contributed by atoms with Crippen LogP contribution in [0.2, 0.25) is 0 Å². The summed E-state index contributed by atoms with van der Waals surface area (Å²) in [5.74, 6) is 1.97. The molecule has 0 aliphatic heterocycles. The van der Waals surface area contributed by atoms with Gasteiger partial charge < -0.3 is 14.8 Å². The van der Waals surface area contributed by atoms with Crippen LogP contribution in [0.3, 0.4) is 0 Å². The third kappa shape index (κ3) is 5.66. The highest BCUT2D eigenvalue weighted by molar-refractivity contribution is 8.00. The molecule has 0 aliphatic carbocycles. The summed E-state index contributed by atoms with van der Waals surface area (Å²) in [5, 5.41) is 11.9. The van der Waals surface area contributed by atoms with E-state index in [1.807, 2.05) is 85.1 Å². The van der Waals surface area contributed by atoms with E-state index in [2.05, 4.69) is 27.6 Å². The molecule has 1 unspecified atom stereocenters. The number of rotatable bonds is 10. The smallest absolute Gasteiger partial charge is 0.233 e. The molecule has 0 radical (unpaired) electrons. The van der Waals surface area contributed by atoms with Crippen molar-refractivity contribution in [2.24, 2.45) is 0 Å². The van der Waals surface area contributed by atoms with Crippen LogP contribution in [0.15, 0.2) is 84.0 Å². The monoisotopic (exact) mass is 488 g/mol. The first kappa shape index (κ1) is 24.3. The van der Waals surface area contributed by atoms with Gasteiger partial charge in [0.1, 0.15) is 18.1 Å². The molecule has 0 saturated carbocycles. The molecule has 4 rings (SSSR count). The number of methoxy groups -OCH3 is 1. The van der Waals surface area contributed by atoms with Crippen LogP contribution >= 0.6 is 11.8 Å². The quantitative estimate of drug-likeness (QED) is 0.312. The predicted molar refractivity (Wildman–Crippen MR) is 138 cm³/mol. The Morgan fingerprint density at radius 1 is 0.971 bits per heavy atom. The van der Waals surface area contributed by atoms with E-state index in [0.717, 1.165) is 22.6 Å². The number of carbonyl (C=O) groups is 1. The summed E-state index contributed by atoms with van der Waals surface area (Å²) in [5.41, 5.74) is 2.85. The van der Waals surface area contributed by atoms with Gasteiger partial charge in [-0.25, -0.2) is 0 Å². The molecule has 0 spiro atoms. The third-order valence-corrected chi connectivity index (χ3v) is 6.40. The van der Waals surface area contributed by atoms with Crippen LogP contribution in [-0.2, 0) is 11.4 Å². The number of ether oxygens (including phenoxy) is 2. The topological polar surface area (TPSA) is 78.3 Å². The van der Waals surface area contributed by atoms with Crippen LogP contribution < -0.4 is 14.8 Å². The van der Waals surface area contributed by atoms with Crippen molar-refractivity contribution in [2.75, 3.05) is 13.7 Å². The van der Waals surface area contributed by atoms with Crippen molar-refractivity contribution in [3.8, 4) is 28.3 Å². The highest BCUT2D eigenvalue weighted by Crippen LogP contribution is 2.33. The Balaban J connectivity index is 1.67. The molecule has 7 nitrogen and oxygen atoms in total. The molecule has 1 N–H and O–H groups in total. The summed E-state index contributed by atoms with van der Waals surface area (Å²) >= 11 is 1.34. The van der Waals surface area contributed by atoms with Crippen molar-refractivity contribution in [2.45, 2.75) is 30.9 Å². The lowest BCUT2D eigenvalue weighted by atomic mass is 10.1. The fourth-order valence-corrected chi connectivity index (χ4v) is 4.55. The SMILES string of the molecule is CCNC(=O)C(C)Sc1nnc(COc2ccccc2-c2ccccc2)n1-c1ccccc1OC. The molecule has 8 heteroatoms. The number of amides is 1. The fourth-order valence-electron chi connectivity index (χ4n) is 3.65. The van der Waals surface area contributed by atoms with E-state index in [0.29, 0.717) is 23.3 Å². The highest BCUT2D eigenvalue weighted by atomic mass is 32.2. The van der Waals surface area contributed by atoms with Crippen molar-refractivity contribution in [1.82, 2.24) is 20.1 Å². The van der Waals surface area contributed by atoms with Crippen LogP contribution in [0.25, 0.3) is 16.8 Å². The zero-order chi connectivity index (χ0) is 24.6. The summed E-state index contributed by atoms with van der Waals surface area (Å²) in [6, 6.07) is 25.7. The minimum Gasteiger partial charge on any atom is -0.495 e. The van der Waals surface area contributed by atoms with Crippen LogP contribution in [-0.4, -0.2) is 39.6 Å². The van der Waals surface area contributed by atoms with Crippen molar-refractivity contribution in [3.63, 3.8) is 0 Å². The van der Waals surface area contributed by atoms with Gasteiger partial charge in [-0.1, -0.05) is 72.4 Å². The number of carbonyl (C=O) groups excluding carboxylic acids is 1. The average molecular weight is 489 g/mol. The third-order valence-electron chi connectivity index (χ3n) is 5.36. The lowest BCUT2D eigenvalue weighted by Gasteiger charge is -2.16. The number of nitrogens with one attached hydrogen (secondary N) is 1. The molecule has 1 atom stereocenters. The Bertz CT molecular complexity index is 1280. The molecule has 4 aromatic rings. The van der Waals surface area contributed by atoms with Gasteiger partial charge in [-0.2, -0.15) is 0 Å². The maximum atomic E-state index is 12.4. The van der Waals surface area contributed by atoms with Crippen LogP contribution in [0.5, 0.6) is 11.5 Å². The summed E-state index contributed by atoms with van der Waals surface area (Å²) in [6.45, 7) is 4.51. The van der Waals surface area contributed by atoms with E-state index in [1.165, 1.54) is 11.8 Å². The van der Waals surface area contributed by atoms with Gasteiger partial charge in [0, 0.05) is 12.1 Å². The van der Waals surface area contributed by atoms with Crippen molar-refractivity contribution in [3.05, 3.63) is 84.7 Å². The fraction of sp³-hybridized carbons (Fsp3) is 0.222. The van der Waals surface area contributed by atoms with Crippen molar-refractivity contribution in [1.29, 1.82) is 0 Å². The Morgan fingerprint density at radius 2 is 1.66 bits per heavy atom. The highest BCUT2D eigenvalue weighted by Gasteiger charge is 2.23. The largest absolute Gasteiger partial charge is 0.495 e. The van der Waals surface area contributed by atoms with Gasteiger partial charge >= 0.3 is 0 Å². The molecule has 35 heavy (non-hydrogen) atoms. The molecule has 0 aliphatic rings. The van der Waals surface area contributed by atoms with Crippen LogP contribution in [0.1, 0.15) is 19.7 Å². The summed E-state index contributed by atoms with van der Waals surface area (Å²) in [4.78, 5) is 12.4. The van der Waals surface area contributed by atoms with E-state index in [1.54, 1.807) is 7.11 Å². The molecule has 0 saturated heterocycles. The number of para-hydroxylation sites is 3. The normalized spacial score (nSPS) is 11.6. The minimum atomic E-state index is -0.347. The van der Waals surface area contributed by atoms with E-state index in [4.69, 9.17) is 9.47 Å². The predicted octanol–water partition coefficient (Wildman–Crippen LogP) is 5.14. The Labute approximate surface area is 209 Å². The van der Waals surface area contributed by atoms with Gasteiger partial charge in [0.25, 0.3) is 0 Å². The van der Waals surface area contributed by atoms with Crippen LogP contribution in [0.4, 0.5) is 0 Å². The average Bonchev–Trinajstić information content (AvgIpc) is 3.30. The molecule has 0 fully saturated rings. The Hall–Kier alpha value is -3.78. The lowest BCUT2D eigenvalue weighted by molar-refractivity contribution is -0.120. The second kappa shape index (κ2) is 11.6. The van der Waals surface area contributed by atoms with Crippen molar-refractivity contribution >= 4 is 17.7 Å². The standard InChI is InChI=1S/C27H28N4O3S/c1-4-28-26(32)19(2)35-27-30-29-25(31(27)22-15-9-11-17-24(22)33-3)18-34-23-16-10-8-14-21(23)20-12-6-5-7-13-20/h5-17,19H,4,18H2,1-3H3,(H,28,32). The van der Waals surface area contributed by atoms with E-state index < -0.39 is 0 Å². The number of hydrogen-bond donors (Lipinski definition) is 1. The maximum absolute atomic E-state index is 12.4. The first-order valence-corrected chi connectivity index (χ1v) is 12.3. The second-order valence-electron chi connectivity index (χ2n) is 7.71. The maximum Gasteiger partial charge on any atom is 0.233 e. The van der Waals surface area contributed by atoms with E-state index in [9.17, 15) is 4.79 Å². The molecule has 0 bridgehead atoms. The summed E-state index contributed by atoms with van der Waals surface area (Å²) in [7, 11) is 1.62. The van der Waals surface area contributed by atoms with Gasteiger partial charge in [-0.3, -0.25) is 9.36 Å². The van der Waals surface area contributed by atoms with E-state index >= 15 is 0 Å². The van der Waals surface area contributed by atoms with Crippen LogP contribution in [0, 0.1) is 0 Å². The zero-order valence-electron chi connectivity index (χ0n) is 20.0. The second-order valence-corrected chi connectivity index (χ2v) is 9.02. The Morgan fingerprint density at radius 3 is 2.40 bits per heavy atom. The number of aromatic nitrogens is 3. The number of nitrogens with zero attached hydrogens (tertiary/aromatic N) is 3. The lowest BCUT2D eigenvalue weighted by Crippen LogP contribution is -2.30. The van der Waals surface area contributed by atoms with Gasteiger partial charge in [0.05, 0.1) is 18.0 Å². The number of hydrogen-bond acceptors (Lipinski definition) is 6. The molecular weight excluding hydrogens is 460 g/mol.